The molecule has 6 heteroatoms. The van der Waals surface area contributed by atoms with Gasteiger partial charge in [-0.2, -0.15) is 0 Å². The lowest BCUT2D eigenvalue weighted by molar-refractivity contribution is 0.0691. The highest BCUT2D eigenvalue weighted by Crippen LogP contribution is 2.42. The number of ether oxygens (including phenoxy) is 1. The molecular formula is C15H13ClN2O3. The van der Waals surface area contributed by atoms with E-state index in [2.05, 4.69) is 4.98 Å². The molecule has 5 nitrogen and oxygen atoms in total. The zero-order valence-electron chi connectivity index (χ0n) is 11.3. The minimum atomic E-state index is -1.02. The number of pyridine rings is 1. The van der Waals surface area contributed by atoms with Gasteiger partial charge in [0.15, 0.2) is 11.6 Å². The predicted molar refractivity (Wildman–Crippen MR) is 79.7 cm³/mol. The van der Waals surface area contributed by atoms with E-state index in [0.717, 1.165) is 0 Å². The number of para-hydroxylation sites is 1. The average molecular weight is 305 g/mol. The molecule has 1 aliphatic rings. The highest BCUT2D eigenvalue weighted by Gasteiger charge is 2.30. The van der Waals surface area contributed by atoms with Crippen molar-refractivity contribution in [3.63, 3.8) is 0 Å². The molecule has 0 saturated heterocycles. The molecule has 108 valence electrons. The second-order valence-electron chi connectivity index (χ2n) is 4.80. The minimum Gasteiger partial charge on any atom is -0.488 e. The molecule has 21 heavy (non-hydrogen) atoms. The molecule has 0 saturated carbocycles. The molecule has 0 amide bonds. The average Bonchev–Trinajstić information content (AvgIpc) is 2.47. The van der Waals surface area contributed by atoms with E-state index in [1.165, 1.54) is 6.07 Å². The first-order chi connectivity index (χ1) is 10.1. The van der Waals surface area contributed by atoms with E-state index in [0.29, 0.717) is 28.9 Å². The normalized spacial score (nSPS) is 17.0. The first-order valence-corrected chi connectivity index (χ1v) is 6.86. The number of carboxylic acid groups (broad SMARTS) is 1. The van der Waals surface area contributed by atoms with Gasteiger partial charge in [0.2, 0.25) is 0 Å². The maximum absolute atomic E-state index is 11.3. The molecule has 0 fully saturated rings. The summed E-state index contributed by atoms with van der Waals surface area (Å²) in [7, 11) is 0. The van der Waals surface area contributed by atoms with Crippen molar-refractivity contribution in [2.75, 3.05) is 11.5 Å². The van der Waals surface area contributed by atoms with Crippen LogP contribution in [0, 0.1) is 0 Å². The van der Waals surface area contributed by atoms with Crippen molar-refractivity contribution in [2.45, 2.75) is 13.0 Å². The third kappa shape index (κ3) is 2.29. The van der Waals surface area contributed by atoms with Gasteiger partial charge in [-0.25, -0.2) is 9.78 Å². The van der Waals surface area contributed by atoms with Crippen LogP contribution in [0.15, 0.2) is 36.5 Å². The Morgan fingerprint density at radius 1 is 1.43 bits per heavy atom. The molecule has 2 aromatic rings. The lowest BCUT2D eigenvalue weighted by Crippen LogP contribution is -2.38. The van der Waals surface area contributed by atoms with Crippen LogP contribution >= 0.6 is 11.6 Å². The molecule has 1 aromatic heterocycles. The summed E-state index contributed by atoms with van der Waals surface area (Å²) < 4.78 is 5.63. The fourth-order valence-electron chi connectivity index (χ4n) is 2.43. The molecule has 0 spiro atoms. The van der Waals surface area contributed by atoms with Crippen molar-refractivity contribution in [3.05, 3.63) is 47.1 Å². The van der Waals surface area contributed by atoms with E-state index in [4.69, 9.17) is 16.3 Å². The Morgan fingerprint density at radius 2 is 2.24 bits per heavy atom. The number of halogens is 1. The molecule has 2 heterocycles. The van der Waals surface area contributed by atoms with E-state index in [1.54, 1.807) is 24.4 Å². The van der Waals surface area contributed by atoms with Gasteiger partial charge in [-0.15, -0.1) is 0 Å². The van der Waals surface area contributed by atoms with Crippen molar-refractivity contribution in [1.29, 1.82) is 0 Å². The summed E-state index contributed by atoms with van der Waals surface area (Å²) in [6.07, 6.45) is 1.66. The van der Waals surface area contributed by atoms with Crippen molar-refractivity contribution in [3.8, 4) is 5.75 Å². The summed E-state index contributed by atoms with van der Waals surface area (Å²) in [4.78, 5) is 17.6. The molecule has 0 aliphatic carbocycles. The maximum atomic E-state index is 11.3. The quantitative estimate of drug-likeness (QED) is 0.922. The number of benzene rings is 1. The summed E-state index contributed by atoms with van der Waals surface area (Å²) in [6, 6.07) is 8.53. The number of carbonyl (C=O) groups is 1. The predicted octanol–water partition coefficient (Wildman–Crippen LogP) is 3.35. The van der Waals surface area contributed by atoms with Crippen molar-refractivity contribution >= 4 is 29.1 Å². The van der Waals surface area contributed by atoms with Gasteiger partial charge in [-0.3, -0.25) is 0 Å². The van der Waals surface area contributed by atoms with Crippen LogP contribution in [0.5, 0.6) is 5.75 Å². The summed E-state index contributed by atoms with van der Waals surface area (Å²) in [5.74, 6) is -0.0722. The lowest BCUT2D eigenvalue weighted by atomic mass is 10.1. The second-order valence-corrected chi connectivity index (χ2v) is 5.21. The summed E-state index contributed by atoms with van der Waals surface area (Å²) in [6.45, 7) is 2.34. The van der Waals surface area contributed by atoms with E-state index in [9.17, 15) is 9.90 Å². The van der Waals surface area contributed by atoms with Crippen LogP contribution in [0.3, 0.4) is 0 Å². The van der Waals surface area contributed by atoms with Crippen LogP contribution < -0.4 is 9.64 Å². The molecule has 0 radical (unpaired) electrons. The topological polar surface area (TPSA) is 62.7 Å². The van der Waals surface area contributed by atoms with E-state index in [-0.39, 0.29) is 11.6 Å². The van der Waals surface area contributed by atoms with Gasteiger partial charge in [-0.05, 0) is 31.2 Å². The Hall–Kier alpha value is -2.27. The number of fused-ring (bicyclic) bond motifs is 1. The van der Waals surface area contributed by atoms with Gasteiger partial charge in [0.25, 0.3) is 0 Å². The first kappa shape index (κ1) is 13.7. The molecule has 1 aromatic carbocycles. The molecule has 1 N–H and O–H groups in total. The SMILES string of the molecule is CC1COc2c(C(=O)O)cccc2N1c1ncccc1Cl. The Balaban J connectivity index is 2.19. The number of nitrogens with zero attached hydrogens (tertiary/aromatic N) is 2. The Kier molecular flexibility index (Phi) is 3.43. The van der Waals surface area contributed by atoms with Crippen molar-refractivity contribution in [2.24, 2.45) is 0 Å². The molecule has 1 unspecified atom stereocenters. The van der Waals surface area contributed by atoms with Crippen LogP contribution in [0.25, 0.3) is 0 Å². The summed E-state index contributed by atoms with van der Waals surface area (Å²) in [5.41, 5.74) is 0.797. The second kappa shape index (κ2) is 5.26. The number of hydrogen-bond acceptors (Lipinski definition) is 4. The molecule has 0 bridgehead atoms. The molecule has 3 rings (SSSR count). The minimum absolute atomic E-state index is 0.00561. The van der Waals surface area contributed by atoms with Gasteiger partial charge in [0.05, 0.1) is 16.8 Å². The van der Waals surface area contributed by atoms with Gasteiger partial charge in [0.1, 0.15) is 12.2 Å². The van der Waals surface area contributed by atoms with Crippen molar-refractivity contribution in [1.82, 2.24) is 4.98 Å². The number of aromatic carboxylic acids is 1. The largest absolute Gasteiger partial charge is 0.488 e. The van der Waals surface area contributed by atoms with E-state index < -0.39 is 5.97 Å². The fraction of sp³-hybridized carbons (Fsp3) is 0.200. The summed E-state index contributed by atoms with van der Waals surface area (Å²) in [5, 5.41) is 9.79. The highest BCUT2D eigenvalue weighted by molar-refractivity contribution is 6.33. The van der Waals surface area contributed by atoms with Gasteiger partial charge in [0, 0.05) is 6.20 Å². The third-order valence-corrected chi connectivity index (χ3v) is 3.66. The molecule has 1 aliphatic heterocycles. The maximum Gasteiger partial charge on any atom is 0.339 e. The Bertz CT molecular complexity index is 705. The van der Waals surface area contributed by atoms with Crippen LogP contribution in [0.4, 0.5) is 11.5 Å². The monoisotopic (exact) mass is 304 g/mol. The van der Waals surface area contributed by atoms with Crippen molar-refractivity contribution < 1.29 is 14.6 Å². The van der Waals surface area contributed by atoms with Crippen LogP contribution in [-0.4, -0.2) is 28.7 Å². The van der Waals surface area contributed by atoms with Crippen LogP contribution in [0.1, 0.15) is 17.3 Å². The molecular weight excluding hydrogens is 292 g/mol. The zero-order chi connectivity index (χ0) is 15.0. The smallest absolute Gasteiger partial charge is 0.339 e. The Morgan fingerprint density at radius 3 is 2.95 bits per heavy atom. The number of hydrogen-bond donors (Lipinski definition) is 1. The van der Waals surface area contributed by atoms with Gasteiger partial charge in [-0.1, -0.05) is 17.7 Å². The summed E-state index contributed by atoms with van der Waals surface area (Å²) >= 11 is 6.23. The standard InChI is InChI=1S/C15H13ClN2O3/c1-9-8-21-13-10(15(19)20)4-2-6-12(13)18(9)14-11(16)5-3-7-17-14/h2-7,9H,8H2,1H3,(H,19,20). The van der Waals surface area contributed by atoms with E-state index >= 15 is 0 Å². The first-order valence-electron chi connectivity index (χ1n) is 6.48. The van der Waals surface area contributed by atoms with E-state index in [1.807, 2.05) is 17.9 Å². The van der Waals surface area contributed by atoms with Crippen LogP contribution in [-0.2, 0) is 0 Å². The van der Waals surface area contributed by atoms with Gasteiger partial charge >= 0.3 is 5.97 Å². The number of rotatable bonds is 2. The fourth-order valence-corrected chi connectivity index (χ4v) is 2.64. The molecule has 1 atom stereocenters. The number of anilines is 2. The van der Waals surface area contributed by atoms with Crippen LogP contribution in [0.2, 0.25) is 5.02 Å². The number of aromatic nitrogens is 1. The zero-order valence-corrected chi connectivity index (χ0v) is 12.0. The highest BCUT2D eigenvalue weighted by atomic mass is 35.5. The third-order valence-electron chi connectivity index (χ3n) is 3.36. The van der Waals surface area contributed by atoms with Gasteiger partial charge < -0.3 is 14.7 Å². The number of carboxylic acids is 1. The Labute approximate surface area is 126 Å². The lowest BCUT2D eigenvalue weighted by Gasteiger charge is -2.36.